The summed E-state index contributed by atoms with van der Waals surface area (Å²) < 4.78 is 4.97. The molecular weight excluding hydrogens is 260 g/mol. The Kier molecular flexibility index (Phi) is 6.78. The van der Waals surface area contributed by atoms with Crippen LogP contribution >= 0.6 is 0 Å². The molecule has 1 unspecified atom stereocenters. The van der Waals surface area contributed by atoms with E-state index in [-0.39, 0.29) is 18.5 Å². The predicted molar refractivity (Wildman–Crippen MR) is 75.7 cm³/mol. The van der Waals surface area contributed by atoms with Gasteiger partial charge in [-0.3, -0.25) is 4.79 Å². The van der Waals surface area contributed by atoms with Crippen LogP contribution in [0.5, 0.6) is 0 Å². The maximum Gasteiger partial charge on any atom is 0.315 e. The van der Waals surface area contributed by atoms with Crippen LogP contribution < -0.4 is 10.6 Å². The first-order valence-electron chi connectivity index (χ1n) is 7.27. The van der Waals surface area contributed by atoms with Crippen molar-refractivity contribution >= 4 is 12.0 Å². The largest absolute Gasteiger partial charge is 0.481 e. The number of carbonyl (C=O) groups excluding carboxylic acids is 1. The van der Waals surface area contributed by atoms with Crippen LogP contribution in [0, 0.1) is 0 Å². The highest BCUT2D eigenvalue weighted by Gasteiger charge is 2.35. The minimum absolute atomic E-state index is 0.000388. The van der Waals surface area contributed by atoms with Gasteiger partial charge in [-0.25, -0.2) is 4.79 Å². The molecule has 1 atom stereocenters. The Morgan fingerprint density at radius 2 is 1.95 bits per heavy atom. The molecule has 1 saturated carbocycles. The maximum atomic E-state index is 12.0. The van der Waals surface area contributed by atoms with Crippen molar-refractivity contribution in [2.24, 2.45) is 0 Å². The summed E-state index contributed by atoms with van der Waals surface area (Å²) in [6, 6.07) is -0.280. The number of hydrogen-bond acceptors (Lipinski definition) is 3. The molecule has 0 aliphatic heterocycles. The normalized spacial score (nSPS) is 19.1. The van der Waals surface area contributed by atoms with E-state index in [1.54, 1.807) is 7.11 Å². The van der Waals surface area contributed by atoms with Gasteiger partial charge in [0.25, 0.3) is 0 Å². The molecule has 1 aliphatic rings. The van der Waals surface area contributed by atoms with Gasteiger partial charge in [0.2, 0.25) is 0 Å². The second kappa shape index (κ2) is 8.09. The van der Waals surface area contributed by atoms with E-state index >= 15 is 0 Å². The zero-order valence-electron chi connectivity index (χ0n) is 12.4. The molecule has 0 bridgehead atoms. The highest BCUT2D eigenvalue weighted by Crippen LogP contribution is 2.31. The Balaban J connectivity index is 2.51. The van der Waals surface area contributed by atoms with Gasteiger partial charge in [-0.05, 0) is 26.2 Å². The van der Waals surface area contributed by atoms with Gasteiger partial charge in [-0.1, -0.05) is 19.3 Å². The van der Waals surface area contributed by atoms with Crippen molar-refractivity contribution in [3.63, 3.8) is 0 Å². The third-order valence-corrected chi connectivity index (χ3v) is 3.81. The lowest BCUT2D eigenvalue weighted by Gasteiger charge is -2.37. The van der Waals surface area contributed by atoms with Crippen LogP contribution in [0.2, 0.25) is 0 Å². The second-order valence-electron chi connectivity index (χ2n) is 5.69. The number of ether oxygens (including phenoxy) is 1. The van der Waals surface area contributed by atoms with Crippen LogP contribution in [-0.2, 0) is 9.53 Å². The Bertz CT molecular complexity index is 327. The predicted octanol–water partition coefficient (Wildman–Crippen LogP) is 1.89. The molecule has 0 saturated heterocycles. The van der Waals surface area contributed by atoms with Crippen molar-refractivity contribution in [1.82, 2.24) is 10.6 Å². The fourth-order valence-electron chi connectivity index (χ4n) is 2.73. The van der Waals surface area contributed by atoms with E-state index in [4.69, 9.17) is 9.84 Å². The number of carboxylic acids is 1. The van der Waals surface area contributed by atoms with Crippen LogP contribution in [0.3, 0.4) is 0 Å². The molecule has 1 aliphatic carbocycles. The lowest BCUT2D eigenvalue weighted by atomic mass is 9.79. The molecule has 0 aromatic rings. The molecular formula is C14H26N2O4. The SMILES string of the molecule is COCCC(C)NC(=O)NC1(CC(=O)O)CCCCC1. The van der Waals surface area contributed by atoms with E-state index in [1.165, 1.54) is 0 Å². The first kappa shape index (κ1) is 16.8. The van der Waals surface area contributed by atoms with Gasteiger partial charge >= 0.3 is 12.0 Å². The van der Waals surface area contributed by atoms with E-state index in [0.29, 0.717) is 6.61 Å². The van der Waals surface area contributed by atoms with E-state index in [0.717, 1.165) is 38.5 Å². The number of urea groups is 1. The average Bonchev–Trinajstić information content (AvgIpc) is 2.35. The molecule has 116 valence electrons. The van der Waals surface area contributed by atoms with Gasteiger partial charge in [0.05, 0.1) is 12.0 Å². The fourth-order valence-corrected chi connectivity index (χ4v) is 2.73. The summed E-state index contributed by atoms with van der Waals surface area (Å²) in [6.45, 7) is 2.49. The molecule has 6 heteroatoms. The zero-order valence-corrected chi connectivity index (χ0v) is 12.4. The van der Waals surface area contributed by atoms with Crippen molar-refractivity contribution in [3.05, 3.63) is 0 Å². The van der Waals surface area contributed by atoms with Crippen LogP contribution in [0.15, 0.2) is 0 Å². The molecule has 0 radical (unpaired) electrons. The topological polar surface area (TPSA) is 87.7 Å². The second-order valence-corrected chi connectivity index (χ2v) is 5.69. The number of aliphatic carboxylic acids is 1. The summed E-state index contributed by atoms with van der Waals surface area (Å²) in [5.41, 5.74) is -0.588. The highest BCUT2D eigenvalue weighted by molar-refractivity contribution is 5.77. The van der Waals surface area contributed by atoms with Crippen molar-refractivity contribution < 1.29 is 19.4 Å². The Morgan fingerprint density at radius 1 is 1.30 bits per heavy atom. The van der Waals surface area contributed by atoms with Gasteiger partial charge in [-0.15, -0.1) is 0 Å². The molecule has 0 aromatic carbocycles. The molecule has 1 rings (SSSR count). The smallest absolute Gasteiger partial charge is 0.315 e. The van der Waals surface area contributed by atoms with Gasteiger partial charge < -0.3 is 20.5 Å². The summed E-state index contributed by atoms with van der Waals surface area (Å²) in [7, 11) is 1.62. The molecule has 2 amide bonds. The molecule has 0 heterocycles. The van der Waals surface area contributed by atoms with Crippen molar-refractivity contribution in [1.29, 1.82) is 0 Å². The number of rotatable bonds is 7. The molecule has 20 heavy (non-hydrogen) atoms. The Morgan fingerprint density at radius 3 is 2.50 bits per heavy atom. The Hall–Kier alpha value is -1.30. The third-order valence-electron chi connectivity index (χ3n) is 3.81. The summed E-state index contributed by atoms with van der Waals surface area (Å²) in [6.07, 6.45) is 5.23. The number of nitrogens with one attached hydrogen (secondary N) is 2. The standard InChI is InChI=1S/C14H26N2O4/c1-11(6-9-20-2)15-13(19)16-14(10-12(17)18)7-4-3-5-8-14/h11H,3-10H2,1-2H3,(H,17,18)(H2,15,16,19). The number of carbonyl (C=O) groups is 2. The average molecular weight is 286 g/mol. The first-order chi connectivity index (χ1) is 9.47. The van der Waals surface area contributed by atoms with Gasteiger partial charge in [-0.2, -0.15) is 0 Å². The van der Waals surface area contributed by atoms with Crippen LogP contribution in [0.4, 0.5) is 4.79 Å². The van der Waals surface area contributed by atoms with Crippen LogP contribution in [0.1, 0.15) is 51.9 Å². The summed E-state index contributed by atoms with van der Waals surface area (Å²) in [5, 5.41) is 14.8. The first-order valence-corrected chi connectivity index (χ1v) is 7.27. The van der Waals surface area contributed by atoms with Gasteiger partial charge in [0.1, 0.15) is 0 Å². The van der Waals surface area contributed by atoms with E-state index < -0.39 is 11.5 Å². The van der Waals surface area contributed by atoms with Crippen molar-refractivity contribution in [3.8, 4) is 0 Å². The van der Waals surface area contributed by atoms with Crippen LogP contribution in [0.25, 0.3) is 0 Å². The minimum Gasteiger partial charge on any atom is -0.481 e. The molecule has 6 nitrogen and oxygen atoms in total. The number of methoxy groups -OCH3 is 1. The Labute approximate surface area is 120 Å². The monoisotopic (exact) mass is 286 g/mol. The fraction of sp³-hybridized carbons (Fsp3) is 0.857. The number of amides is 2. The van der Waals surface area contributed by atoms with E-state index in [9.17, 15) is 9.59 Å². The van der Waals surface area contributed by atoms with Crippen molar-refractivity contribution in [2.75, 3.05) is 13.7 Å². The summed E-state index contributed by atoms with van der Waals surface area (Å²) in [4.78, 5) is 23.0. The number of hydrogen-bond donors (Lipinski definition) is 3. The zero-order chi connectivity index (χ0) is 15.0. The minimum atomic E-state index is -0.861. The molecule has 1 fully saturated rings. The molecule has 0 aromatic heterocycles. The van der Waals surface area contributed by atoms with Gasteiger partial charge in [0.15, 0.2) is 0 Å². The third kappa shape index (κ3) is 5.77. The van der Waals surface area contributed by atoms with Gasteiger partial charge in [0, 0.05) is 19.8 Å². The number of carboxylic acid groups (broad SMARTS) is 1. The summed E-state index contributed by atoms with van der Waals surface area (Å²) in [5.74, 6) is -0.861. The molecule has 0 spiro atoms. The highest BCUT2D eigenvalue weighted by atomic mass is 16.5. The van der Waals surface area contributed by atoms with Crippen LogP contribution in [-0.4, -0.2) is 42.4 Å². The quantitative estimate of drug-likeness (QED) is 0.667. The summed E-state index contributed by atoms with van der Waals surface area (Å²) >= 11 is 0. The molecule has 3 N–H and O–H groups in total. The lowest BCUT2D eigenvalue weighted by molar-refractivity contribution is -0.139. The maximum absolute atomic E-state index is 12.0. The van der Waals surface area contributed by atoms with E-state index in [1.807, 2.05) is 6.92 Å². The van der Waals surface area contributed by atoms with E-state index in [2.05, 4.69) is 10.6 Å². The lowest BCUT2D eigenvalue weighted by Crippen LogP contribution is -2.55. The van der Waals surface area contributed by atoms with Crippen molar-refractivity contribution in [2.45, 2.75) is 63.5 Å².